The van der Waals surface area contributed by atoms with Gasteiger partial charge in [0.2, 0.25) is 0 Å². The molecule has 0 amide bonds. The molecule has 0 radical (unpaired) electrons. The summed E-state index contributed by atoms with van der Waals surface area (Å²) < 4.78 is 6.60. The van der Waals surface area contributed by atoms with Gasteiger partial charge in [0.1, 0.15) is 6.07 Å². The molecule has 2 aromatic rings. The lowest BCUT2D eigenvalue weighted by atomic mass is 10.1. The summed E-state index contributed by atoms with van der Waals surface area (Å²) in [6.45, 7) is 3.49. The molecule has 0 fully saturated rings. The first-order valence-electron chi connectivity index (χ1n) is 6.47. The summed E-state index contributed by atoms with van der Waals surface area (Å²) in [5.74, 6) is -0.535. The number of aromatic nitrogens is 1. The number of ether oxygens (including phenoxy) is 1. The predicted molar refractivity (Wildman–Crippen MR) is 76.4 cm³/mol. The first kappa shape index (κ1) is 14.5. The van der Waals surface area contributed by atoms with Crippen molar-refractivity contribution in [3.05, 3.63) is 53.3 Å². The molecule has 0 aliphatic carbocycles. The number of rotatable bonds is 4. The fourth-order valence-corrected chi connectivity index (χ4v) is 1.96. The van der Waals surface area contributed by atoms with Gasteiger partial charge in [0.15, 0.2) is 5.78 Å². The van der Waals surface area contributed by atoms with Crippen LogP contribution < -0.4 is 0 Å². The Morgan fingerprint density at radius 3 is 2.38 bits per heavy atom. The largest absolute Gasteiger partial charge is 0.462 e. The normalized spacial score (nSPS) is 9.95. The third kappa shape index (κ3) is 3.00. The van der Waals surface area contributed by atoms with Gasteiger partial charge < -0.3 is 9.30 Å². The number of carbonyl (C=O) groups is 2. The van der Waals surface area contributed by atoms with Crippen LogP contribution >= 0.6 is 0 Å². The highest BCUT2D eigenvalue weighted by Crippen LogP contribution is 2.17. The number of Topliss-reactive ketones (excluding diaryl/α,β-unsaturated/α-hetero) is 1. The van der Waals surface area contributed by atoms with E-state index in [1.54, 1.807) is 48.1 Å². The maximum absolute atomic E-state index is 11.6. The standard InChI is InChI=1S/C16H14N2O3/c1-3-21-16(20)12-4-6-14(7-5-12)18-9-13(8-17)15(10-18)11(2)19/h4-7,9-10H,3H2,1-2H3. The van der Waals surface area contributed by atoms with E-state index in [9.17, 15) is 9.59 Å². The van der Waals surface area contributed by atoms with Crippen molar-refractivity contribution in [1.29, 1.82) is 5.26 Å². The first-order chi connectivity index (χ1) is 10.1. The molecule has 5 heteroatoms. The van der Waals surface area contributed by atoms with Crippen molar-refractivity contribution < 1.29 is 14.3 Å². The minimum atomic E-state index is -0.376. The Balaban J connectivity index is 2.33. The molecule has 0 unspecified atom stereocenters. The van der Waals surface area contributed by atoms with E-state index in [-0.39, 0.29) is 11.8 Å². The number of ketones is 1. The van der Waals surface area contributed by atoms with E-state index < -0.39 is 0 Å². The molecule has 106 valence electrons. The molecule has 0 spiro atoms. The van der Waals surface area contributed by atoms with E-state index in [0.717, 1.165) is 5.69 Å². The minimum absolute atomic E-state index is 0.159. The molecule has 0 atom stereocenters. The third-order valence-electron chi connectivity index (χ3n) is 3.00. The monoisotopic (exact) mass is 282 g/mol. The molecule has 0 saturated heterocycles. The number of esters is 1. The SMILES string of the molecule is CCOC(=O)c1ccc(-n2cc(C#N)c(C(C)=O)c2)cc1. The second-order valence-corrected chi connectivity index (χ2v) is 4.43. The van der Waals surface area contributed by atoms with Gasteiger partial charge in [-0.05, 0) is 38.1 Å². The van der Waals surface area contributed by atoms with Gasteiger partial charge in [-0.3, -0.25) is 4.79 Å². The van der Waals surface area contributed by atoms with Gasteiger partial charge in [0, 0.05) is 18.1 Å². The Morgan fingerprint density at radius 2 is 1.90 bits per heavy atom. The molecule has 1 heterocycles. The summed E-state index contributed by atoms with van der Waals surface area (Å²) in [5, 5.41) is 9.03. The van der Waals surface area contributed by atoms with Crippen molar-refractivity contribution in [3.63, 3.8) is 0 Å². The van der Waals surface area contributed by atoms with Crippen LogP contribution in [0.25, 0.3) is 5.69 Å². The molecule has 0 bridgehead atoms. The van der Waals surface area contributed by atoms with Crippen LogP contribution in [-0.4, -0.2) is 22.9 Å². The van der Waals surface area contributed by atoms with E-state index in [1.165, 1.54) is 6.92 Å². The summed E-state index contributed by atoms with van der Waals surface area (Å²) in [4.78, 5) is 23.0. The number of hydrogen-bond acceptors (Lipinski definition) is 4. The minimum Gasteiger partial charge on any atom is -0.462 e. The Bertz CT molecular complexity index is 721. The van der Waals surface area contributed by atoms with Crippen molar-refractivity contribution in [3.8, 4) is 11.8 Å². The molecule has 2 rings (SSSR count). The van der Waals surface area contributed by atoms with Gasteiger partial charge in [-0.1, -0.05) is 0 Å². The summed E-state index contributed by atoms with van der Waals surface area (Å²) >= 11 is 0. The molecule has 21 heavy (non-hydrogen) atoms. The van der Waals surface area contributed by atoms with E-state index in [4.69, 9.17) is 10.00 Å². The fraction of sp³-hybridized carbons (Fsp3) is 0.188. The van der Waals surface area contributed by atoms with Crippen molar-refractivity contribution in [2.45, 2.75) is 13.8 Å². The van der Waals surface area contributed by atoms with Gasteiger partial charge in [-0.2, -0.15) is 5.26 Å². The fourth-order valence-electron chi connectivity index (χ4n) is 1.96. The highest BCUT2D eigenvalue weighted by atomic mass is 16.5. The summed E-state index contributed by atoms with van der Waals surface area (Å²) in [5.41, 5.74) is 1.93. The summed E-state index contributed by atoms with van der Waals surface area (Å²) in [6, 6.07) is 8.76. The second kappa shape index (κ2) is 6.06. The topological polar surface area (TPSA) is 72.1 Å². The Kier molecular flexibility index (Phi) is 4.19. The van der Waals surface area contributed by atoms with Crippen LogP contribution in [0.3, 0.4) is 0 Å². The van der Waals surface area contributed by atoms with E-state index in [0.29, 0.717) is 23.3 Å². The van der Waals surface area contributed by atoms with Crippen LogP contribution in [0.2, 0.25) is 0 Å². The van der Waals surface area contributed by atoms with Gasteiger partial charge in [0.25, 0.3) is 0 Å². The van der Waals surface area contributed by atoms with Crippen molar-refractivity contribution in [2.24, 2.45) is 0 Å². The maximum atomic E-state index is 11.6. The van der Waals surface area contributed by atoms with Crippen LogP contribution in [0.4, 0.5) is 0 Å². The number of nitrogens with zero attached hydrogens (tertiary/aromatic N) is 2. The summed E-state index contributed by atoms with van der Waals surface area (Å²) in [6.07, 6.45) is 3.20. The zero-order valence-corrected chi connectivity index (χ0v) is 11.8. The predicted octanol–water partition coefficient (Wildman–Crippen LogP) is 2.73. The molecule has 1 aromatic carbocycles. The molecule has 0 N–H and O–H groups in total. The molecule has 0 aliphatic heterocycles. The lowest BCUT2D eigenvalue weighted by Gasteiger charge is -2.05. The third-order valence-corrected chi connectivity index (χ3v) is 3.00. The molecule has 1 aromatic heterocycles. The molecular formula is C16H14N2O3. The Hall–Kier alpha value is -2.87. The van der Waals surface area contributed by atoms with Gasteiger partial charge in [-0.15, -0.1) is 0 Å². The van der Waals surface area contributed by atoms with Crippen molar-refractivity contribution in [2.75, 3.05) is 6.61 Å². The van der Waals surface area contributed by atoms with Crippen LogP contribution in [0.15, 0.2) is 36.7 Å². The molecule has 0 aliphatic rings. The van der Waals surface area contributed by atoms with Gasteiger partial charge in [0.05, 0.1) is 23.3 Å². The lowest BCUT2D eigenvalue weighted by Crippen LogP contribution is -2.04. The van der Waals surface area contributed by atoms with E-state index in [1.807, 2.05) is 6.07 Å². The number of nitriles is 1. The van der Waals surface area contributed by atoms with Crippen LogP contribution in [0, 0.1) is 11.3 Å². The average molecular weight is 282 g/mol. The molecule has 0 saturated carbocycles. The zero-order valence-electron chi connectivity index (χ0n) is 11.8. The second-order valence-electron chi connectivity index (χ2n) is 4.43. The smallest absolute Gasteiger partial charge is 0.338 e. The number of carbonyl (C=O) groups excluding carboxylic acids is 2. The first-order valence-corrected chi connectivity index (χ1v) is 6.47. The lowest BCUT2D eigenvalue weighted by molar-refractivity contribution is 0.0526. The van der Waals surface area contributed by atoms with Crippen molar-refractivity contribution >= 4 is 11.8 Å². The van der Waals surface area contributed by atoms with E-state index >= 15 is 0 Å². The zero-order chi connectivity index (χ0) is 15.4. The number of benzene rings is 1. The quantitative estimate of drug-likeness (QED) is 0.638. The highest BCUT2D eigenvalue weighted by Gasteiger charge is 2.12. The van der Waals surface area contributed by atoms with Crippen LogP contribution in [0.1, 0.15) is 40.1 Å². The number of hydrogen-bond donors (Lipinski definition) is 0. The van der Waals surface area contributed by atoms with Crippen molar-refractivity contribution in [1.82, 2.24) is 4.57 Å². The molecular weight excluding hydrogens is 268 g/mol. The van der Waals surface area contributed by atoms with Gasteiger partial charge >= 0.3 is 5.97 Å². The Labute approximate surface area is 122 Å². The maximum Gasteiger partial charge on any atom is 0.338 e. The van der Waals surface area contributed by atoms with Crippen LogP contribution in [0.5, 0.6) is 0 Å². The van der Waals surface area contributed by atoms with Gasteiger partial charge in [-0.25, -0.2) is 4.79 Å². The summed E-state index contributed by atoms with van der Waals surface area (Å²) in [7, 11) is 0. The Morgan fingerprint density at radius 1 is 1.24 bits per heavy atom. The van der Waals surface area contributed by atoms with Crippen LogP contribution in [-0.2, 0) is 4.74 Å². The molecule has 5 nitrogen and oxygen atoms in total. The van der Waals surface area contributed by atoms with E-state index in [2.05, 4.69) is 0 Å². The highest BCUT2D eigenvalue weighted by molar-refractivity contribution is 5.96. The average Bonchev–Trinajstić information content (AvgIpc) is 2.92.